The zero-order valence-electron chi connectivity index (χ0n) is 20.4. The number of nitrogens with zero attached hydrogens (tertiary/aromatic N) is 1. The first kappa shape index (κ1) is 23.3. The number of fused-ring (bicyclic) bond motifs is 1. The van der Waals surface area contributed by atoms with Crippen LogP contribution >= 0.6 is 0 Å². The van der Waals surface area contributed by atoms with Crippen LogP contribution in [0.2, 0.25) is 0 Å². The molecule has 0 aromatic heterocycles. The third-order valence-corrected chi connectivity index (χ3v) is 7.10. The molecule has 0 amide bonds. The third kappa shape index (κ3) is 4.87. The van der Waals surface area contributed by atoms with Gasteiger partial charge in [0.05, 0.1) is 0 Å². The lowest BCUT2D eigenvalue weighted by atomic mass is 9.84. The van der Waals surface area contributed by atoms with Gasteiger partial charge in [-0.3, -0.25) is 4.90 Å². The molecular weight excluding hydrogens is 438 g/mol. The second-order valence-electron chi connectivity index (χ2n) is 9.43. The number of rotatable bonds is 8. The van der Waals surface area contributed by atoms with Crippen molar-refractivity contribution in [2.45, 2.75) is 32.8 Å². The molecule has 5 rings (SSSR count). The first-order chi connectivity index (χ1) is 17.1. The summed E-state index contributed by atoms with van der Waals surface area (Å²) in [7, 11) is 0. The zero-order chi connectivity index (χ0) is 24.4. The van der Waals surface area contributed by atoms with Crippen molar-refractivity contribution in [1.82, 2.24) is 4.90 Å². The quantitative estimate of drug-likeness (QED) is 0.405. The minimum absolute atomic E-state index is 0.206. The van der Waals surface area contributed by atoms with E-state index < -0.39 is 0 Å². The van der Waals surface area contributed by atoms with Crippen LogP contribution < -0.4 is 9.47 Å². The molecule has 3 aromatic rings. The number of likely N-dealkylation sites (tertiary alicyclic amines) is 1. The van der Waals surface area contributed by atoms with Gasteiger partial charge in [-0.2, -0.15) is 0 Å². The van der Waals surface area contributed by atoms with E-state index in [1.165, 1.54) is 19.5 Å². The smallest absolute Gasteiger partial charge is 0.150 e. The number of benzene rings is 3. The van der Waals surface area contributed by atoms with E-state index in [0.717, 1.165) is 58.2 Å². The Kier molecular flexibility index (Phi) is 6.69. The maximum Gasteiger partial charge on any atom is 0.150 e. The van der Waals surface area contributed by atoms with E-state index in [1.54, 1.807) is 24.3 Å². The number of phenolic OH excluding ortho intramolecular Hbond substituents is 2. The third-order valence-electron chi connectivity index (χ3n) is 7.10. The molecule has 0 saturated carbocycles. The van der Waals surface area contributed by atoms with Crippen LogP contribution in [0.3, 0.4) is 0 Å². The van der Waals surface area contributed by atoms with E-state index >= 15 is 0 Å². The Morgan fingerprint density at radius 2 is 1.71 bits per heavy atom. The summed E-state index contributed by atoms with van der Waals surface area (Å²) in [5.74, 6) is 2.86. The molecule has 2 N–H and O–H groups in total. The highest BCUT2D eigenvalue weighted by Gasteiger charge is 2.31. The number of aromatic hydroxyl groups is 2. The van der Waals surface area contributed by atoms with Gasteiger partial charge in [-0.1, -0.05) is 44.5 Å². The fourth-order valence-corrected chi connectivity index (χ4v) is 5.11. The predicted octanol–water partition coefficient (Wildman–Crippen LogP) is 6.27. The molecule has 0 radical (unpaired) electrons. The SMILES string of the molecule is CCC1=C(c2cccc(O)c2)C(c2ccc(OCCN3CC(CC)C3)cc2)Oc2ccc(O)cc21. The monoisotopic (exact) mass is 471 g/mol. The molecular formula is C30H33NO4. The molecule has 5 heteroatoms. The van der Waals surface area contributed by atoms with E-state index in [1.807, 2.05) is 30.3 Å². The Labute approximate surface area is 207 Å². The number of allylic oxidation sites excluding steroid dienone is 1. The first-order valence-corrected chi connectivity index (χ1v) is 12.5. The molecule has 1 unspecified atom stereocenters. The van der Waals surface area contributed by atoms with Gasteiger partial charge >= 0.3 is 0 Å². The number of hydrogen-bond acceptors (Lipinski definition) is 5. The van der Waals surface area contributed by atoms with E-state index in [4.69, 9.17) is 9.47 Å². The van der Waals surface area contributed by atoms with Crippen LogP contribution in [-0.4, -0.2) is 41.4 Å². The molecule has 1 atom stereocenters. The Morgan fingerprint density at radius 1 is 0.943 bits per heavy atom. The second-order valence-corrected chi connectivity index (χ2v) is 9.43. The van der Waals surface area contributed by atoms with E-state index in [2.05, 4.69) is 30.9 Å². The van der Waals surface area contributed by atoms with Crippen molar-refractivity contribution in [2.24, 2.45) is 5.92 Å². The van der Waals surface area contributed by atoms with Crippen LogP contribution in [0.4, 0.5) is 0 Å². The number of hydrogen-bond donors (Lipinski definition) is 2. The Morgan fingerprint density at radius 3 is 2.43 bits per heavy atom. The summed E-state index contributed by atoms with van der Waals surface area (Å²) in [5, 5.41) is 20.3. The fourth-order valence-electron chi connectivity index (χ4n) is 5.11. The summed E-state index contributed by atoms with van der Waals surface area (Å²) >= 11 is 0. The highest BCUT2D eigenvalue weighted by Crippen LogP contribution is 2.49. The van der Waals surface area contributed by atoms with Crippen molar-refractivity contribution >= 4 is 11.1 Å². The fraction of sp³-hybridized carbons (Fsp3) is 0.333. The molecule has 0 bridgehead atoms. The van der Waals surface area contributed by atoms with Gasteiger partial charge in [-0.15, -0.1) is 0 Å². The summed E-state index contributed by atoms with van der Waals surface area (Å²) < 4.78 is 12.5. The maximum atomic E-state index is 10.2. The highest BCUT2D eigenvalue weighted by molar-refractivity contribution is 5.96. The van der Waals surface area contributed by atoms with Gasteiger partial charge in [0, 0.05) is 30.8 Å². The minimum Gasteiger partial charge on any atom is -0.508 e. The minimum atomic E-state index is -0.343. The van der Waals surface area contributed by atoms with Gasteiger partial charge in [0.2, 0.25) is 0 Å². The Hall–Kier alpha value is -3.44. The zero-order valence-corrected chi connectivity index (χ0v) is 20.4. The highest BCUT2D eigenvalue weighted by atomic mass is 16.5. The van der Waals surface area contributed by atoms with Gasteiger partial charge < -0.3 is 19.7 Å². The molecule has 35 heavy (non-hydrogen) atoms. The molecule has 5 nitrogen and oxygen atoms in total. The van der Waals surface area contributed by atoms with Crippen molar-refractivity contribution in [3.05, 3.63) is 83.4 Å². The summed E-state index contributed by atoms with van der Waals surface area (Å²) in [4.78, 5) is 2.44. The predicted molar refractivity (Wildman–Crippen MR) is 139 cm³/mol. The molecule has 0 aliphatic carbocycles. The van der Waals surface area contributed by atoms with Crippen molar-refractivity contribution in [3.63, 3.8) is 0 Å². The van der Waals surface area contributed by atoms with Crippen LogP contribution in [0.1, 0.15) is 49.5 Å². The molecule has 0 spiro atoms. The van der Waals surface area contributed by atoms with Crippen molar-refractivity contribution < 1.29 is 19.7 Å². The lowest BCUT2D eigenvalue weighted by molar-refractivity contribution is 0.0806. The molecule has 2 aliphatic heterocycles. The molecule has 2 heterocycles. The van der Waals surface area contributed by atoms with Crippen molar-refractivity contribution in [2.75, 3.05) is 26.2 Å². The second kappa shape index (κ2) is 10.0. The van der Waals surface area contributed by atoms with Crippen LogP contribution in [-0.2, 0) is 0 Å². The average Bonchev–Trinajstić information content (AvgIpc) is 2.84. The number of ether oxygens (including phenoxy) is 2. The molecule has 182 valence electrons. The Bertz CT molecular complexity index is 1210. The summed E-state index contributed by atoms with van der Waals surface area (Å²) in [5.41, 5.74) is 4.89. The van der Waals surface area contributed by atoms with Gasteiger partial charge in [0.15, 0.2) is 0 Å². The van der Waals surface area contributed by atoms with Gasteiger partial charge in [0.25, 0.3) is 0 Å². The van der Waals surface area contributed by atoms with Crippen LogP contribution in [0.25, 0.3) is 11.1 Å². The molecule has 3 aromatic carbocycles. The summed E-state index contributed by atoms with van der Waals surface area (Å²) in [6.45, 7) is 8.36. The maximum absolute atomic E-state index is 10.2. The topological polar surface area (TPSA) is 62.2 Å². The molecule has 2 aliphatic rings. The van der Waals surface area contributed by atoms with E-state index in [-0.39, 0.29) is 17.6 Å². The van der Waals surface area contributed by atoms with Gasteiger partial charge in [0.1, 0.15) is 35.7 Å². The summed E-state index contributed by atoms with van der Waals surface area (Å²) in [6, 6.07) is 20.6. The van der Waals surface area contributed by atoms with Crippen LogP contribution in [0.15, 0.2) is 66.7 Å². The van der Waals surface area contributed by atoms with Crippen molar-refractivity contribution in [1.29, 1.82) is 0 Å². The molecule has 1 fully saturated rings. The normalized spacial score (nSPS) is 18.1. The Balaban J connectivity index is 1.41. The van der Waals surface area contributed by atoms with Gasteiger partial charge in [-0.25, -0.2) is 0 Å². The van der Waals surface area contributed by atoms with E-state index in [0.29, 0.717) is 6.61 Å². The lowest BCUT2D eigenvalue weighted by Crippen LogP contribution is -2.47. The first-order valence-electron chi connectivity index (χ1n) is 12.5. The van der Waals surface area contributed by atoms with Crippen LogP contribution in [0.5, 0.6) is 23.0 Å². The van der Waals surface area contributed by atoms with Gasteiger partial charge in [-0.05, 0) is 71.5 Å². The largest absolute Gasteiger partial charge is 0.508 e. The lowest BCUT2D eigenvalue weighted by Gasteiger charge is -2.38. The van der Waals surface area contributed by atoms with Crippen LogP contribution in [0, 0.1) is 5.92 Å². The van der Waals surface area contributed by atoms with Crippen molar-refractivity contribution in [3.8, 4) is 23.0 Å². The average molecular weight is 472 g/mol. The molecule has 1 saturated heterocycles. The number of phenols is 2. The van der Waals surface area contributed by atoms with E-state index in [9.17, 15) is 10.2 Å². The standard InChI is InChI=1S/C30H33NO4/c1-3-20-18-31(19-20)14-15-34-25-11-8-21(9-12-25)30-29(22-6-5-7-23(32)16-22)26(4-2)27-17-24(33)10-13-28(27)35-30/h5-13,16-17,20,30,32-33H,3-4,14-15,18-19H2,1-2H3. The summed E-state index contributed by atoms with van der Waals surface area (Å²) in [6.07, 6.45) is 1.68.